The first-order valence-electron chi connectivity index (χ1n) is 6.05. The van der Waals surface area contributed by atoms with Crippen LogP contribution in [0.15, 0.2) is 40.9 Å². The number of benzene rings is 2. The van der Waals surface area contributed by atoms with E-state index in [1.807, 2.05) is 12.1 Å². The maximum Gasteiger partial charge on any atom is 0.277 e. The van der Waals surface area contributed by atoms with E-state index in [1.165, 1.54) is 6.07 Å². The average Bonchev–Trinajstić information content (AvgIpc) is 2.46. The van der Waals surface area contributed by atoms with Gasteiger partial charge in [0.15, 0.2) is 0 Å². The highest BCUT2D eigenvalue weighted by Crippen LogP contribution is 2.29. The van der Waals surface area contributed by atoms with E-state index < -0.39 is 4.92 Å². The molecule has 0 fully saturated rings. The summed E-state index contributed by atoms with van der Waals surface area (Å²) >= 11 is 9.16. The molecule has 2 N–H and O–H groups in total. The quantitative estimate of drug-likeness (QED) is 0.635. The lowest BCUT2D eigenvalue weighted by Crippen LogP contribution is -2.02. The van der Waals surface area contributed by atoms with Gasteiger partial charge in [-0.05, 0) is 45.8 Å². The Balaban J connectivity index is 2.18. The van der Waals surface area contributed by atoms with Crippen molar-refractivity contribution in [2.24, 2.45) is 5.73 Å². The molecular weight excluding hydrogens is 360 g/mol. The summed E-state index contributed by atoms with van der Waals surface area (Å²) in [4.78, 5) is 10.5. The molecule has 0 amide bonds. The number of nitrogens with two attached hydrogens (primary N) is 1. The van der Waals surface area contributed by atoms with Crippen LogP contribution in [0.5, 0.6) is 5.75 Å². The SMILES string of the molecule is NCc1ccc(OCc2ccc(Cl)cc2[N+](=O)[O-])c(Br)c1. The topological polar surface area (TPSA) is 78.4 Å². The summed E-state index contributed by atoms with van der Waals surface area (Å²) in [6.07, 6.45) is 0. The Hall–Kier alpha value is -1.63. The maximum atomic E-state index is 11.0. The van der Waals surface area contributed by atoms with E-state index in [0.717, 1.165) is 10.0 Å². The van der Waals surface area contributed by atoms with E-state index >= 15 is 0 Å². The molecule has 2 aromatic carbocycles. The van der Waals surface area contributed by atoms with Gasteiger partial charge in [0.05, 0.1) is 15.0 Å². The molecule has 7 heteroatoms. The van der Waals surface area contributed by atoms with Crippen molar-refractivity contribution < 1.29 is 9.66 Å². The minimum Gasteiger partial charge on any atom is -0.487 e. The smallest absolute Gasteiger partial charge is 0.277 e. The minimum atomic E-state index is -0.475. The summed E-state index contributed by atoms with van der Waals surface area (Å²) < 4.78 is 6.37. The molecule has 0 bridgehead atoms. The molecule has 0 unspecified atom stereocenters. The number of nitro groups is 1. The van der Waals surface area contributed by atoms with Crippen molar-refractivity contribution in [2.45, 2.75) is 13.2 Å². The van der Waals surface area contributed by atoms with Gasteiger partial charge in [0, 0.05) is 17.6 Å². The molecule has 110 valence electrons. The second kappa shape index (κ2) is 6.89. The van der Waals surface area contributed by atoms with Gasteiger partial charge >= 0.3 is 0 Å². The van der Waals surface area contributed by atoms with E-state index in [4.69, 9.17) is 22.1 Å². The Morgan fingerprint density at radius 2 is 2.05 bits per heavy atom. The summed E-state index contributed by atoms with van der Waals surface area (Å²) in [6, 6.07) is 9.96. The van der Waals surface area contributed by atoms with Crippen LogP contribution in [0.4, 0.5) is 5.69 Å². The van der Waals surface area contributed by atoms with Gasteiger partial charge in [0.1, 0.15) is 12.4 Å². The van der Waals surface area contributed by atoms with Crippen LogP contribution in [0.3, 0.4) is 0 Å². The molecule has 21 heavy (non-hydrogen) atoms. The van der Waals surface area contributed by atoms with Crippen molar-refractivity contribution in [3.63, 3.8) is 0 Å². The van der Waals surface area contributed by atoms with Crippen molar-refractivity contribution >= 4 is 33.2 Å². The third-order valence-corrected chi connectivity index (χ3v) is 3.71. The highest BCUT2D eigenvalue weighted by Gasteiger charge is 2.15. The fraction of sp³-hybridized carbons (Fsp3) is 0.143. The fourth-order valence-corrected chi connectivity index (χ4v) is 2.48. The van der Waals surface area contributed by atoms with Crippen molar-refractivity contribution in [3.8, 4) is 5.75 Å². The standard InChI is InChI=1S/C14H12BrClN2O3/c15-12-5-9(7-17)1-4-14(12)21-8-10-2-3-11(16)6-13(10)18(19)20/h1-6H,7-8,17H2. The number of rotatable bonds is 5. The van der Waals surface area contributed by atoms with Crippen molar-refractivity contribution in [2.75, 3.05) is 0 Å². The summed E-state index contributed by atoms with van der Waals surface area (Å²) in [7, 11) is 0. The average molecular weight is 372 g/mol. The Morgan fingerprint density at radius 3 is 2.67 bits per heavy atom. The zero-order valence-electron chi connectivity index (χ0n) is 10.9. The van der Waals surface area contributed by atoms with Crippen LogP contribution >= 0.6 is 27.5 Å². The van der Waals surface area contributed by atoms with Gasteiger partial charge in [0.25, 0.3) is 5.69 Å². The predicted octanol–water partition coefficient (Wildman–Crippen LogP) is 4.05. The van der Waals surface area contributed by atoms with Crippen LogP contribution in [0.2, 0.25) is 5.02 Å². The number of halogens is 2. The first-order valence-corrected chi connectivity index (χ1v) is 7.22. The molecule has 0 heterocycles. The number of nitrogens with zero attached hydrogens (tertiary/aromatic N) is 1. The van der Waals surface area contributed by atoms with Gasteiger partial charge in [-0.15, -0.1) is 0 Å². The third kappa shape index (κ3) is 3.93. The number of hydrogen-bond donors (Lipinski definition) is 1. The first-order chi connectivity index (χ1) is 10.0. The molecule has 0 saturated heterocycles. The second-order valence-electron chi connectivity index (χ2n) is 4.29. The number of nitro benzene ring substituents is 1. The Kier molecular flexibility index (Phi) is 5.17. The summed E-state index contributed by atoms with van der Waals surface area (Å²) in [6.45, 7) is 0.510. The zero-order valence-corrected chi connectivity index (χ0v) is 13.2. The molecule has 0 saturated carbocycles. The van der Waals surface area contributed by atoms with Crippen LogP contribution < -0.4 is 10.5 Å². The van der Waals surface area contributed by atoms with Crippen molar-refractivity contribution in [1.29, 1.82) is 0 Å². The second-order valence-corrected chi connectivity index (χ2v) is 5.58. The zero-order chi connectivity index (χ0) is 15.4. The number of hydrogen-bond acceptors (Lipinski definition) is 4. The van der Waals surface area contributed by atoms with Gasteiger partial charge in [-0.1, -0.05) is 17.7 Å². The van der Waals surface area contributed by atoms with Crippen molar-refractivity contribution in [3.05, 3.63) is 67.1 Å². The highest BCUT2D eigenvalue weighted by atomic mass is 79.9. The van der Waals surface area contributed by atoms with Gasteiger partial charge in [0.2, 0.25) is 0 Å². The molecule has 0 aliphatic carbocycles. The first kappa shape index (κ1) is 15.8. The molecule has 0 aliphatic rings. The van der Waals surface area contributed by atoms with Crippen LogP contribution in [0, 0.1) is 10.1 Å². The van der Waals surface area contributed by atoms with Crippen LogP contribution in [0.1, 0.15) is 11.1 Å². The lowest BCUT2D eigenvalue weighted by atomic mass is 10.2. The lowest BCUT2D eigenvalue weighted by Gasteiger charge is -2.10. The molecule has 2 aromatic rings. The molecule has 0 spiro atoms. The van der Waals surface area contributed by atoms with Crippen molar-refractivity contribution in [1.82, 2.24) is 0 Å². The Morgan fingerprint density at radius 1 is 1.29 bits per heavy atom. The van der Waals surface area contributed by atoms with E-state index in [-0.39, 0.29) is 12.3 Å². The Bertz CT molecular complexity index is 679. The van der Waals surface area contributed by atoms with Crippen LogP contribution in [0.25, 0.3) is 0 Å². The van der Waals surface area contributed by atoms with Gasteiger partial charge in [-0.25, -0.2) is 0 Å². The molecule has 0 radical (unpaired) electrons. The molecule has 0 aromatic heterocycles. The van der Waals surface area contributed by atoms with E-state index in [9.17, 15) is 10.1 Å². The lowest BCUT2D eigenvalue weighted by molar-refractivity contribution is -0.385. The summed E-state index contributed by atoms with van der Waals surface area (Å²) in [5.41, 5.74) is 6.92. The van der Waals surface area contributed by atoms with Crippen LogP contribution in [-0.2, 0) is 13.2 Å². The van der Waals surface area contributed by atoms with Gasteiger partial charge < -0.3 is 10.5 Å². The van der Waals surface area contributed by atoms with Gasteiger partial charge in [-0.3, -0.25) is 10.1 Å². The number of ether oxygens (including phenoxy) is 1. The summed E-state index contributed by atoms with van der Waals surface area (Å²) in [5.74, 6) is 0.594. The molecule has 0 aliphatic heterocycles. The van der Waals surface area contributed by atoms with E-state index in [1.54, 1.807) is 18.2 Å². The molecule has 0 atom stereocenters. The van der Waals surface area contributed by atoms with E-state index in [2.05, 4.69) is 15.9 Å². The maximum absolute atomic E-state index is 11.0. The van der Waals surface area contributed by atoms with Gasteiger partial charge in [-0.2, -0.15) is 0 Å². The largest absolute Gasteiger partial charge is 0.487 e. The van der Waals surface area contributed by atoms with E-state index in [0.29, 0.717) is 22.9 Å². The fourth-order valence-electron chi connectivity index (χ4n) is 1.77. The molecule has 2 rings (SSSR count). The summed E-state index contributed by atoms with van der Waals surface area (Å²) in [5, 5.41) is 11.3. The Labute approximate surface area is 134 Å². The molecule has 5 nitrogen and oxygen atoms in total. The van der Waals surface area contributed by atoms with Crippen LogP contribution in [-0.4, -0.2) is 4.92 Å². The monoisotopic (exact) mass is 370 g/mol. The minimum absolute atomic E-state index is 0.0581. The normalized spacial score (nSPS) is 10.4. The third-order valence-electron chi connectivity index (χ3n) is 2.86. The molecular formula is C14H12BrClN2O3. The highest BCUT2D eigenvalue weighted by molar-refractivity contribution is 9.10. The predicted molar refractivity (Wildman–Crippen MR) is 84.5 cm³/mol.